The molecule has 25 heavy (non-hydrogen) atoms. The van der Waals surface area contributed by atoms with E-state index in [0.29, 0.717) is 24.6 Å². The van der Waals surface area contributed by atoms with Crippen molar-refractivity contribution in [3.05, 3.63) is 24.4 Å². The van der Waals surface area contributed by atoms with E-state index in [4.69, 9.17) is 4.74 Å². The summed E-state index contributed by atoms with van der Waals surface area (Å²) >= 11 is 0. The summed E-state index contributed by atoms with van der Waals surface area (Å²) < 4.78 is 5.33. The van der Waals surface area contributed by atoms with Crippen molar-refractivity contribution in [3.63, 3.8) is 0 Å². The Kier molecular flexibility index (Phi) is 6.13. The van der Waals surface area contributed by atoms with E-state index < -0.39 is 0 Å². The first-order valence-electron chi connectivity index (χ1n) is 9.45. The normalized spacial score (nSPS) is 21.8. The van der Waals surface area contributed by atoms with E-state index in [0.717, 1.165) is 51.3 Å². The van der Waals surface area contributed by atoms with Crippen molar-refractivity contribution in [1.82, 2.24) is 15.2 Å². The number of carbonyl (C=O) groups is 1. The molecule has 1 aromatic heterocycles. The van der Waals surface area contributed by atoms with Gasteiger partial charge in [0.05, 0.1) is 6.61 Å². The van der Waals surface area contributed by atoms with E-state index in [9.17, 15) is 4.79 Å². The number of hydrogen-bond donors (Lipinski definition) is 1. The van der Waals surface area contributed by atoms with Gasteiger partial charge in [-0.05, 0) is 37.3 Å². The molecule has 3 heterocycles. The minimum Gasteiger partial charge on any atom is -0.449 e. The monoisotopic (exact) mass is 346 g/mol. The van der Waals surface area contributed by atoms with Gasteiger partial charge in [-0.15, -0.1) is 0 Å². The Morgan fingerprint density at radius 1 is 1.24 bits per heavy atom. The van der Waals surface area contributed by atoms with Crippen LogP contribution in [-0.4, -0.2) is 60.8 Å². The number of nitrogens with one attached hydrogen (secondary N) is 1. The lowest BCUT2D eigenvalue weighted by molar-refractivity contribution is 0.0812. The number of rotatable bonds is 5. The van der Waals surface area contributed by atoms with Gasteiger partial charge >= 0.3 is 6.09 Å². The molecule has 138 valence electrons. The van der Waals surface area contributed by atoms with Gasteiger partial charge in [-0.1, -0.05) is 19.9 Å². The van der Waals surface area contributed by atoms with Gasteiger partial charge in [-0.3, -0.25) is 0 Å². The largest absolute Gasteiger partial charge is 0.449 e. The third-order valence-corrected chi connectivity index (χ3v) is 4.93. The van der Waals surface area contributed by atoms with Crippen LogP contribution in [0.4, 0.5) is 10.6 Å². The summed E-state index contributed by atoms with van der Waals surface area (Å²) in [5.74, 6) is 1.45. The average Bonchev–Trinajstić information content (AvgIpc) is 3.09. The van der Waals surface area contributed by atoms with Crippen LogP contribution in [0.2, 0.25) is 0 Å². The van der Waals surface area contributed by atoms with Crippen molar-refractivity contribution >= 4 is 11.9 Å². The third-order valence-electron chi connectivity index (χ3n) is 4.93. The van der Waals surface area contributed by atoms with Crippen LogP contribution in [0.3, 0.4) is 0 Å². The Morgan fingerprint density at radius 3 is 2.68 bits per heavy atom. The summed E-state index contributed by atoms with van der Waals surface area (Å²) in [6, 6.07) is 7.06. The second kappa shape index (κ2) is 8.52. The van der Waals surface area contributed by atoms with Crippen LogP contribution in [-0.2, 0) is 4.74 Å². The van der Waals surface area contributed by atoms with E-state index in [1.54, 1.807) is 0 Å². The lowest BCUT2D eigenvalue weighted by Gasteiger charge is -2.33. The number of nitrogens with zero attached hydrogens (tertiary/aromatic N) is 3. The topological polar surface area (TPSA) is 57.7 Å². The van der Waals surface area contributed by atoms with Gasteiger partial charge in [0.1, 0.15) is 5.82 Å². The second-order valence-corrected chi connectivity index (χ2v) is 7.52. The maximum atomic E-state index is 12.0. The number of pyridine rings is 1. The van der Waals surface area contributed by atoms with Crippen molar-refractivity contribution in [2.45, 2.75) is 45.2 Å². The van der Waals surface area contributed by atoms with Crippen LogP contribution in [0.25, 0.3) is 0 Å². The summed E-state index contributed by atoms with van der Waals surface area (Å²) in [4.78, 5) is 20.7. The SMILES string of the molecule is CC(C)COC(=O)N1CCC(N[C@H]2CCN(c3ccccn3)C2)CC1. The summed E-state index contributed by atoms with van der Waals surface area (Å²) in [6.45, 7) is 8.24. The van der Waals surface area contributed by atoms with Gasteiger partial charge in [-0.25, -0.2) is 9.78 Å². The number of amides is 1. The molecule has 6 heteroatoms. The van der Waals surface area contributed by atoms with Crippen LogP contribution < -0.4 is 10.2 Å². The maximum Gasteiger partial charge on any atom is 0.409 e. The van der Waals surface area contributed by atoms with Gasteiger partial charge in [0.25, 0.3) is 0 Å². The highest BCUT2D eigenvalue weighted by molar-refractivity contribution is 5.67. The Balaban J connectivity index is 1.39. The summed E-state index contributed by atoms with van der Waals surface area (Å²) in [7, 11) is 0. The smallest absolute Gasteiger partial charge is 0.409 e. The number of anilines is 1. The molecule has 1 N–H and O–H groups in total. The first-order valence-corrected chi connectivity index (χ1v) is 9.45. The number of hydrogen-bond acceptors (Lipinski definition) is 5. The maximum absolute atomic E-state index is 12.0. The van der Waals surface area contributed by atoms with Crippen LogP contribution in [0.1, 0.15) is 33.1 Å². The summed E-state index contributed by atoms with van der Waals surface area (Å²) in [5.41, 5.74) is 0. The molecule has 1 atom stereocenters. The molecule has 0 unspecified atom stereocenters. The summed E-state index contributed by atoms with van der Waals surface area (Å²) in [5, 5.41) is 3.78. The minimum atomic E-state index is -0.158. The fourth-order valence-corrected chi connectivity index (χ4v) is 3.54. The molecule has 0 aromatic carbocycles. The molecular weight excluding hydrogens is 316 g/mol. The zero-order valence-corrected chi connectivity index (χ0v) is 15.4. The molecular formula is C19H30N4O2. The van der Waals surface area contributed by atoms with E-state index >= 15 is 0 Å². The number of ether oxygens (including phenoxy) is 1. The van der Waals surface area contributed by atoms with Gasteiger partial charge in [0, 0.05) is 44.5 Å². The predicted octanol–water partition coefficient (Wildman–Crippen LogP) is 2.51. The highest BCUT2D eigenvalue weighted by Crippen LogP contribution is 2.19. The molecule has 2 fully saturated rings. The highest BCUT2D eigenvalue weighted by Gasteiger charge is 2.28. The molecule has 0 saturated carbocycles. The Hall–Kier alpha value is -1.82. The molecule has 2 aliphatic heterocycles. The molecule has 0 bridgehead atoms. The Morgan fingerprint density at radius 2 is 2.00 bits per heavy atom. The van der Waals surface area contributed by atoms with Gasteiger partial charge in [0.15, 0.2) is 0 Å². The predicted molar refractivity (Wildman–Crippen MR) is 98.8 cm³/mol. The molecule has 6 nitrogen and oxygen atoms in total. The van der Waals surface area contributed by atoms with Gasteiger partial charge < -0.3 is 19.9 Å². The molecule has 2 saturated heterocycles. The van der Waals surface area contributed by atoms with Crippen LogP contribution >= 0.6 is 0 Å². The first-order chi connectivity index (χ1) is 12.1. The number of carbonyl (C=O) groups excluding carboxylic acids is 1. The fraction of sp³-hybridized carbons (Fsp3) is 0.684. The average molecular weight is 346 g/mol. The third kappa shape index (κ3) is 5.08. The fourth-order valence-electron chi connectivity index (χ4n) is 3.54. The Labute approximate surface area is 150 Å². The first kappa shape index (κ1) is 18.0. The zero-order valence-electron chi connectivity index (χ0n) is 15.4. The van der Waals surface area contributed by atoms with E-state index in [-0.39, 0.29) is 6.09 Å². The van der Waals surface area contributed by atoms with Crippen molar-refractivity contribution < 1.29 is 9.53 Å². The van der Waals surface area contributed by atoms with Crippen molar-refractivity contribution in [3.8, 4) is 0 Å². The number of aromatic nitrogens is 1. The number of piperidine rings is 1. The van der Waals surface area contributed by atoms with Crippen LogP contribution in [0, 0.1) is 5.92 Å². The van der Waals surface area contributed by atoms with Crippen molar-refractivity contribution in [2.24, 2.45) is 5.92 Å². The van der Waals surface area contributed by atoms with Crippen LogP contribution in [0.5, 0.6) is 0 Å². The molecule has 1 amide bonds. The minimum absolute atomic E-state index is 0.158. The molecule has 2 aliphatic rings. The quantitative estimate of drug-likeness (QED) is 0.888. The molecule has 0 aliphatic carbocycles. The summed E-state index contributed by atoms with van der Waals surface area (Å²) in [6.07, 6.45) is 4.83. The molecule has 0 spiro atoms. The lowest BCUT2D eigenvalue weighted by Crippen LogP contribution is -2.48. The molecule has 3 rings (SSSR count). The lowest BCUT2D eigenvalue weighted by atomic mass is 10.0. The van der Waals surface area contributed by atoms with Crippen molar-refractivity contribution in [2.75, 3.05) is 37.7 Å². The standard InChI is InChI=1S/C19H30N4O2/c1-15(2)14-25-19(24)22-10-6-16(7-11-22)21-17-8-12-23(13-17)18-5-3-4-9-20-18/h3-5,9,15-17,21H,6-8,10-14H2,1-2H3/t17-/m0/s1. The second-order valence-electron chi connectivity index (χ2n) is 7.52. The van der Waals surface area contributed by atoms with E-state index in [1.165, 1.54) is 0 Å². The highest BCUT2D eigenvalue weighted by atomic mass is 16.6. The number of likely N-dealkylation sites (tertiary alicyclic amines) is 1. The van der Waals surface area contributed by atoms with Crippen molar-refractivity contribution in [1.29, 1.82) is 0 Å². The molecule has 1 aromatic rings. The van der Waals surface area contributed by atoms with Gasteiger partial charge in [-0.2, -0.15) is 0 Å². The van der Waals surface area contributed by atoms with E-state index in [2.05, 4.69) is 35.1 Å². The van der Waals surface area contributed by atoms with E-state index in [1.807, 2.05) is 23.2 Å². The Bertz CT molecular complexity index is 544. The van der Waals surface area contributed by atoms with Crippen LogP contribution in [0.15, 0.2) is 24.4 Å². The zero-order chi connectivity index (χ0) is 17.6. The molecule has 0 radical (unpaired) electrons. The van der Waals surface area contributed by atoms with Gasteiger partial charge in [0.2, 0.25) is 0 Å².